The minimum Gasteiger partial charge on any atom is -0.381 e. The van der Waals surface area contributed by atoms with Crippen molar-refractivity contribution in [3.8, 4) is 0 Å². The first kappa shape index (κ1) is 14.7. The van der Waals surface area contributed by atoms with Gasteiger partial charge < -0.3 is 24.4 Å². The molecule has 0 bridgehead atoms. The molecule has 0 saturated carbocycles. The zero-order chi connectivity index (χ0) is 13.8. The maximum absolute atomic E-state index is 6.13. The minimum absolute atomic E-state index is 0.0844. The van der Waals surface area contributed by atoms with Gasteiger partial charge in [0.25, 0.3) is 0 Å². The highest BCUT2D eigenvalue weighted by atomic mass is 16.5. The summed E-state index contributed by atoms with van der Waals surface area (Å²) in [4.78, 5) is 2.48. The Hall–Kier alpha value is -0.200. The molecule has 3 rings (SSSR count). The van der Waals surface area contributed by atoms with Crippen molar-refractivity contribution in [2.24, 2.45) is 0 Å². The first-order valence-corrected chi connectivity index (χ1v) is 8.02. The van der Waals surface area contributed by atoms with E-state index in [-0.39, 0.29) is 5.60 Å². The van der Waals surface area contributed by atoms with Crippen LogP contribution in [-0.4, -0.2) is 75.8 Å². The van der Waals surface area contributed by atoms with Crippen LogP contribution in [-0.2, 0) is 14.2 Å². The molecule has 3 fully saturated rings. The number of likely N-dealkylation sites (N-methyl/N-ethyl adjacent to an activating group) is 1. The lowest BCUT2D eigenvalue weighted by molar-refractivity contribution is -0.151. The predicted octanol–water partition coefficient (Wildman–Crippen LogP) is 0.635. The van der Waals surface area contributed by atoms with E-state index in [2.05, 4.69) is 17.3 Å². The lowest BCUT2D eigenvalue weighted by Crippen LogP contribution is -2.53. The number of rotatable bonds is 3. The van der Waals surface area contributed by atoms with E-state index in [9.17, 15) is 0 Å². The summed E-state index contributed by atoms with van der Waals surface area (Å²) in [5.74, 6) is 0. The molecule has 20 heavy (non-hydrogen) atoms. The number of nitrogens with one attached hydrogen (secondary N) is 1. The van der Waals surface area contributed by atoms with Gasteiger partial charge in [0.1, 0.15) is 0 Å². The van der Waals surface area contributed by atoms with Gasteiger partial charge in [-0.25, -0.2) is 0 Å². The third-order valence-electron chi connectivity index (χ3n) is 4.99. The van der Waals surface area contributed by atoms with Gasteiger partial charge in [-0.15, -0.1) is 0 Å². The highest BCUT2D eigenvalue weighted by Gasteiger charge is 2.40. The smallest absolute Gasteiger partial charge is 0.0826 e. The molecule has 0 aromatic heterocycles. The van der Waals surface area contributed by atoms with Crippen LogP contribution in [0.25, 0.3) is 0 Å². The molecule has 3 aliphatic rings. The van der Waals surface area contributed by atoms with Crippen LogP contribution >= 0.6 is 0 Å². The lowest BCUT2D eigenvalue weighted by Gasteiger charge is -2.46. The molecule has 5 nitrogen and oxygen atoms in total. The Bertz CT molecular complexity index is 296. The molecule has 0 aromatic rings. The Balaban J connectivity index is 1.52. The Kier molecular flexibility index (Phi) is 4.94. The van der Waals surface area contributed by atoms with Gasteiger partial charge in [-0.05, 0) is 32.7 Å². The highest BCUT2D eigenvalue weighted by molar-refractivity contribution is 4.92. The van der Waals surface area contributed by atoms with E-state index in [0.29, 0.717) is 12.1 Å². The first-order chi connectivity index (χ1) is 9.77. The second-order valence-corrected chi connectivity index (χ2v) is 6.43. The normalized spacial score (nSPS) is 34.5. The molecule has 1 N–H and O–H groups in total. The van der Waals surface area contributed by atoms with Gasteiger partial charge in [-0.2, -0.15) is 0 Å². The van der Waals surface area contributed by atoms with Crippen molar-refractivity contribution in [3.63, 3.8) is 0 Å². The standard InChI is InChI=1S/C15H28N2O3/c1-17(12-14-11-16-5-9-19-14)13-2-6-20-15(10-13)3-7-18-8-4-15/h13-14,16H,2-12H2,1H3. The van der Waals surface area contributed by atoms with Crippen molar-refractivity contribution >= 4 is 0 Å². The monoisotopic (exact) mass is 284 g/mol. The molecule has 2 atom stereocenters. The summed E-state index contributed by atoms with van der Waals surface area (Å²) < 4.78 is 17.4. The summed E-state index contributed by atoms with van der Waals surface area (Å²) in [5.41, 5.74) is 0.0844. The van der Waals surface area contributed by atoms with E-state index in [1.165, 1.54) is 0 Å². The molecule has 0 amide bonds. The third-order valence-corrected chi connectivity index (χ3v) is 4.99. The van der Waals surface area contributed by atoms with E-state index in [1.807, 2.05) is 0 Å². The molecule has 3 heterocycles. The zero-order valence-corrected chi connectivity index (χ0v) is 12.6. The van der Waals surface area contributed by atoms with Gasteiger partial charge in [0, 0.05) is 45.5 Å². The van der Waals surface area contributed by atoms with E-state index in [1.54, 1.807) is 0 Å². The van der Waals surface area contributed by atoms with Gasteiger partial charge in [-0.3, -0.25) is 0 Å². The summed E-state index contributed by atoms with van der Waals surface area (Å²) >= 11 is 0. The summed E-state index contributed by atoms with van der Waals surface area (Å²) in [6, 6.07) is 0.618. The molecular weight excluding hydrogens is 256 g/mol. The fourth-order valence-electron chi connectivity index (χ4n) is 3.68. The molecule has 0 aliphatic carbocycles. The summed E-state index contributed by atoms with van der Waals surface area (Å²) in [7, 11) is 2.24. The molecule has 3 saturated heterocycles. The van der Waals surface area contributed by atoms with Crippen LogP contribution in [0.15, 0.2) is 0 Å². The quantitative estimate of drug-likeness (QED) is 0.823. The average molecular weight is 284 g/mol. The third kappa shape index (κ3) is 3.52. The number of morpholine rings is 1. The van der Waals surface area contributed by atoms with Gasteiger partial charge in [-0.1, -0.05) is 0 Å². The lowest BCUT2D eigenvalue weighted by atomic mass is 9.83. The van der Waals surface area contributed by atoms with E-state index in [0.717, 1.165) is 71.7 Å². The van der Waals surface area contributed by atoms with E-state index < -0.39 is 0 Å². The van der Waals surface area contributed by atoms with Gasteiger partial charge >= 0.3 is 0 Å². The SMILES string of the molecule is CN(CC1CNCCO1)C1CCOC2(CCOCC2)C1. The van der Waals surface area contributed by atoms with Gasteiger partial charge in [0.15, 0.2) is 0 Å². The molecule has 0 aromatic carbocycles. The Morgan fingerprint density at radius 2 is 2.05 bits per heavy atom. The Labute approximate surface area is 121 Å². The second kappa shape index (κ2) is 6.71. The van der Waals surface area contributed by atoms with E-state index >= 15 is 0 Å². The van der Waals surface area contributed by atoms with Crippen LogP contribution in [0, 0.1) is 0 Å². The van der Waals surface area contributed by atoms with Crippen LogP contribution in [0.3, 0.4) is 0 Å². The molecule has 116 valence electrons. The number of hydrogen-bond donors (Lipinski definition) is 1. The fraction of sp³-hybridized carbons (Fsp3) is 1.00. The molecular formula is C15H28N2O3. The molecule has 3 aliphatic heterocycles. The Morgan fingerprint density at radius 1 is 1.20 bits per heavy atom. The molecule has 1 spiro atoms. The van der Waals surface area contributed by atoms with Gasteiger partial charge in [0.05, 0.1) is 18.3 Å². The first-order valence-electron chi connectivity index (χ1n) is 8.02. The van der Waals surface area contributed by atoms with Crippen LogP contribution in [0.5, 0.6) is 0 Å². The predicted molar refractivity (Wildman–Crippen MR) is 77.0 cm³/mol. The minimum atomic E-state index is 0.0844. The van der Waals surface area contributed by atoms with Crippen molar-refractivity contribution in [2.45, 2.75) is 43.4 Å². The second-order valence-electron chi connectivity index (χ2n) is 6.43. The summed E-state index contributed by atoms with van der Waals surface area (Å²) in [6.07, 6.45) is 4.73. The van der Waals surface area contributed by atoms with Crippen molar-refractivity contribution < 1.29 is 14.2 Å². The Morgan fingerprint density at radius 3 is 2.80 bits per heavy atom. The zero-order valence-electron chi connectivity index (χ0n) is 12.6. The van der Waals surface area contributed by atoms with Crippen LogP contribution in [0.4, 0.5) is 0 Å². The number of hydrogen-bond acceptors (Lipinski definition) is 5. The van der Waals surface area contributed by atoms with E-state index in [4.69, 9.17) is 14.2 Å². The molecule has 0 radical (unpaired) electrons. The summed E-state index contributed by atoms with van der Waals surface area (Å²) in [5, 5.41) is 3.41. The topological polar surface area (TPSA) is 43.0 Å². The highest BCUT2D eigenvalue weighted by Crippen LogP contribution is 2.35. The maximum Gasteiger partial charge on any atom is 0.0826 e. The van der Waals surface area contributed by atoms with Crippen molar-refractivity contribution in [1.29, 1.82) is 0 Å². The van der Waals surface area contributed by atoms with Crippen molar-refractivity contribution in [3.05, 3.63) is 0 Å². The number of nitrogens with zero attached hydrogens (tertiary/aromatic N) is 1. The number of ether oxygens (including phenoxy) is 3. The fourth-order valence-corrected chi connectivity index (χ4v) is 3.68. The van der Waals surface area contributed by atoms with Crippen LogP contribution in [0.2, 0.25) is 0 Å². The average Bonchev–Trinajstić information content (AvgIpc) is 2.49. The van der Waals surface area contributed by atoms with Crippen molar-refractivity contribution in [1.82, 2.24) is 10.2 Å². The van der Waals surface area contributed by atoms with Crippen LogP contribution < -0.4 is 5.32 Å². The molecule has 5 heteroatoms. The molecule has 2 unspecified atom stereocenters. The van der Waals surface area contributed by atoms with Crippen LogP contribution in [0.1, 0.15) is 25.7 Å². The van der Waals surface area contributed by atoms with Gasteiger partial charge in [0.2, 0.25) is 0 Å². The maximum atomic E-state index is 6.13. The largest absolute Gasteiger partial charge is 0.381 e. The summed E-state index contributed by atoms with van der Waals surface area (Å²) in [6.45, 7) is 6.42. The van der Waals surface area contributed by atoms with Crippen molar-refractivity contribution in [2.75, 3.05) is 53.1 Å².